The highest BCUT2D eigenvalue weighted by Crippen LogP contribution is 2.32. The molecule has 2 aromatic rings. The van der Waals surface area contributed by atoms with Crippen LogP contribution in [0.2, 0.25) is 0 Å². The molecule has 1 aromatic carbocycles. The summed E-state index contributed by atoms with van der Waals surface area (Å²) in [5.41, 5.74) is 8.38. The molecule has 1 aromatic heterocycles. The average Bonchev–Trinajstić information content (AvgIpc) is 2.85. The Bertz CT molecular complexity index is 562. The van der Waals surface area contributed by atoms with Gasteiger partial charge in [-0.15, -0.1) is 23.1 Å². The highest BCUT2D eigenvalue weighted by molar-refractivity contribution is 7.98. The molecule has 116 valence electrons. The summed E-state index contributed by atoms with van der Waals surface area (Å²) < 4.78 is 0. The van der Waals surface area contributed by atoms with Crippen LogP contribution in [0.15, 0.2) is 23.1 Å². The lowest BCUT2D eigenvalue weighted by Crippen LogP contribution is -1.90. The lowest BCUT2D eigenvalue weighted by Gasteiger charge is -2.09. The largest absolute Gasteiger partial charge is 0.333 e. The fourth-order valence-electron chi connectivity index (χ4n) is 2.26. The minimum atomic E-state index is 1.15. The van der Waals surface area contributed by atoms with Gasteiger partial charge in [-0.1, -0.05) is 25.5 Å². The zero-order valence-corrected chi connectivity index (χ0v) is 15.3. The van der Waals surface area contributed by atoms with Gasteiger partial charge in [0.05, 0.1) is 10.7 Å². The predicted octanol–water partition coefficient (Wildman–Crippen LogP) is 5.07. The Kier molecular flexibility index (Phi) is 8.01. The summed E-state index contributed by atoms with van der Waals surface area (Å²) in [5, 5.41) is 1.15. The molecule has 2 N–H and O–H groups in total. The summed E-state index contributed by atoms with van der Waals surface area (Å²) in [6.07, 6.45) is 5.86. The van der Waals surface area contributed by atoms with Crippen molar-refractivity contribution in [1.29, 1.82) is 0 Å². The van der Waals surface area contributed by atoms with E-state index in [1.54, 1.807) is 11.3 Å². The van der Waals surface area contributed by atoms with Crippen LogP contribution in [-0.4, -0.2) is 18.3 Å². The molecule has 1 heterocycles. The van der Waals surface area contributed by atoms with E-state index >= 15 is 0 Å². The van der Waals surface area contributed by atoms with Crippen LogP contribution in [0, 0.1) is 13.8 Å². The van der Waals surface area contributed by atoms with Gasteiger partial charge in [-0.25, -0.2) is 4.98 Å². The van der Waals surface area contributed by atoms with Crippen molar-refractivity contribution in [3.05, 3.63) is 33.6 Å². The van der Waals surface area contributed by atoms with Gasteiger partial charge in [-0.3, -0.25) is 0 Å². The molecule has 2 rings (SSSR count). The van der Waals surface area contributed by atoms with E-state index in [-0.39, 0.29) is 0 Å². The third-order valence-corrected chi connectivity index (χ3v) is 4.97. The standard InChI is InChI=1S/C16H21NS2.CH5N/c1-5-6-7-13-8-9-14(10-15(13)18-4)16-11(2)19-12(3)17-16;1-2/h8-10H,5-7H2,1-4H3;2H2,1H3. The molecular weight excluding hydrogens is 296 g/mol. The molecule has 0 aliphatic rings. The second-order valence-electron chi connectivity index (χ2n) is 4.77. The average molecular weight is 323 g/mol. The van der Waals surface area contributed by atoms with Crippen LogP contribution >= 0.6 is 23.1 Å². The Labute approximate surface area is 137 Å². The number of thiazole rings is 1. The first-order chi connectivity index (χ1) is 10.2. The molecule has 0 saturated heterocycles. The highest BCUT2D eigenvalue weighted by atomic mass is 32.2. The second kappa shape index (κ2) is 9.23. The Morgan fingerprint density at radius 1 is 1.24 bits per heavy atom. The van der Waals surface area contributed by atoms with Crippen LogP contribution in [0.3, 0.4) is 0 Å². The summed E-state index contributed by atoms with van der Waals surface area (Å²) in [5.74, 6) is 0. The summed E-state index contributed by atoms with van der Waals surface area (Å²) in [7, 11) is 1.50. The van der Waals surface area contributed by atoms with E-state index in [0.29, 0.717) is 0 Å². The van der Waals surface area contributed by atoms with Gasteiger partial charge in [-0.05, 0) is 51.6 Å². The predicted molar refractivity (Wildman–Crippen MR) is 97.5 cm³/mol. The lowest BCUT2D eigenvalue weighted by atomic mass is 10.0. The number of rotatable bonds is 5. The molecule has 0 aliphatic carbocycles. The number of hydrogen-bond donors (Lipinski definition) is 1. The number of unbranched alkanes of at least 4 members (excludes halogenated alkanes) is 1. The topological polar surface area (TPSA) is 38.9 Å². The quantitative estimate of drug-likeness (QED) is 0.781. The normalized spacial score (nSPS) is 10.2. The van der Waals surface area contributed by atoms with Crippen molar-refractivity contribution < 1.29 is 0 Å². The minimum Gasteiger partial charge on any atom is -0.333 e. The molecule has 4 heteroatoms. The monoisotopic (exact) mass is 322 g/mol. The van der Waals surface area contributed by atoms with Gasteiger partial charge in [0.25, 0.3) is 0 Å². The molecule has 0 amide bonds. The Hall–Kier alpha value is -0.840. The van der Waals surface area contributed by atoms with E-state index in [4.69, 9.17) is 0 Å². The second-order valence-corrected chi connectivity index (χ2v) is 7.02. The highest BCUT2D eigenvalue weighted by Gasteiger charge is 2.10. The van der Waals surface area contributed by atoms with E-state index in [9.17, 15) is 0 Å². The molecule has 0 radical (unpaired) electrons. The zero-order chi connectivity index (χ0) is 15.8. The summed E-state index contributed by atoms with van der Waals surface area (Å²) in [4.78, 5) is 7.37. The smallest absolute Gasteiger partial charge is 0.0904 e. The van der Waals surface area contributed by atoms with E-state index in [1.807, 2.05) is 11.8 Å². The SMILES string of the molecule is CCCCc1ccc(-c2nc(C)sc2C)cc1SC.CN. The van der Waals surface area contributed by atoms with Gasteiger partial charge in [0, 0.05) is 15.3 Å². The maximum absolute atomic E-state index is 4.66. The van der Waals surface area contributed by atoms with E-state index in [1.165, 1.54) is 47.2 Å². The van der Waals surface area contributed by atoms with Crippen LogP contribution in [0.25, 0.3) is 11.3 Å². The summed E-state index contributed by atoms with van der Waals surface area (Å²) in [6, 6.07) is 6.81. The van der Waals surface area contributed by atoms with Crippen molar-refractivity contribution in [3.63, 3.8) is 0 Å². The van der Waals surface area contributed by atoms with Gasteiger partial charge in [0.15, 0.2) is 0 Å². The van der Waals surface area contributed by atoms with E-state index < -0.39 is 0 Å². The van der Waals surface area contributed by atoms with E-state index in [0.717, 1.165) is 10.7 Å². The fourth-order valence-corrected chi connectivity index (χ4v) is 3.78. The number of benzene rings is 1. The van der Waals surface area contributed by atoms with Crippen molar-refractivity contribution >= 4 is 23.1 Å². The maximum Gasteiger partial charge on any atom is 0.0904 e. The van der Waals surface area contributed by atoms with Crippen molar-refractivity contribution in [2.45, 2.75) is 44.9 Å². The third-order valence-electron chi connectivity index (χ3n) is 3.26. The molecule has 0 unspecified atom stereocenters. The van der Waals surface area contributed by atoms with Gasteiger partial charge in [0.2, 0.25) is 0 Å². The third kappa shape index (κ3) is 4.83. The maximum atomic E-state index is 4.66. The zero-order valence-electron chi connectivity index (χ0n) is 13.7. The van der Waals surface area contributed by atoms with Crippen LogP contribution in [-0.2, 0) is 6.42 Å². The first kappa shape index (κ1) is 18.2. The molecule has 0 saturated carbocycles. The Balaban J connectivity index is 0.00000106. The Morgan fingerprint density at radius 3 is 2.48 bits per heavy atom. The van der Waals surface area contributed by atoms with Crippen molar-refractivity contribution in [2.24, 2.45) is 5.73 Å². The van der Waals surface area contributed by atoms with Crippen molar-refractivity contribution in [3.8, 4) is 11.3 Å². The van der Waals surface area contributed by atoms with Gasteiger partial charge in [-0.2, -0.15) is 0 Å². The molecule has 2 nitrogen and oxygen atoms in total. The number of hydrogen-bond acceptors (Lipinski definition) is 4. The van der Waals surface area contributed by atoms with Crippen LogP contribution in [0.5, 0.6) is 0 Å². The molecule has 0 aliphatic heterocycles. The number of nitrogens with zero attached hydrogens (tertiary/aromatic N) is 1. The molecule has 0 bridgehead atoms. The summed E-state index contributed by atoms with van der Waals surface area (Å²) in [6.45, 7) is 6.48. The number of thioether (sulfide) groups is 1. The first-order valence-electron chi connectivity index (χ1n) is 7.34. The molecule has 21 heavy (non-hydrogen) atoms. The minimum absolute atomic E-state index is 1.15. The van der Waals surface area contributed by atoms with Crippen LogP contribution in [0.1, 0.15) is 35.2 Å². The van der Waals surface area contributed by atoms with E-state index in [2.05, 4.69) is 55.9 Å². The number of aromatic nitrogens is 1. The molecule has 0 fully saturated rings. The van der Waals surface area contributed by atoms with Gasteiger partial charge >= 0.3 is 0 Å². The summed E-state index contributed by atoms with van der Waals surface area (Å²) >= 11 is 3.62. The lowest BCUT2D eigenvalue weighted by molar-refractivity contribution is 0.785. The van der Waals surface area contributed by atoms with Gasteiger partial charge in [0.1, 0.15) is 0 Å². The molecule has 0 atom stereocenters. The van der Waals surface area contributed by atoms with Gasteiger partial charge < -0.3 is 5.73 Å². The van der Waals surface area contributed by atoms with Crippen LogP contribution in [0.4, 0.5) is 0 Å². The number of nitrogens with two attached hydrogens (primary N) is 1. The first-order valence-corrected chi connectivity index (χ1v) is 9.39. The molecular formula is C17H26N2S2. The van der Waals surface area contributed by atoms with Crippen molar-refractivity contribution in [1.82, 2.24) is 4.98 Å². The molecule has 0 spiro atoms. The number of aryl methyl sites for hydroxylation is 3. The van der Waals surface area contributed by atoms with Crippen molar-refractivity contribution in [2.75, 3.05) is 13.3 Å². The Morgan fingerprint density at radius 2 is 1.95 bits per heavy atom. The fraction of sp³-hybridized carbons (Fsp3) is 0.471. The van der Waals surface area contributed by atoms with Crippen LogP contribution < -0.4 is 5.73 Å².